The number of hydrogen-bond donors (Lipinski definition) is 3. The number of aliphatic carboxylic acids is 1. The number of carbonyl (C=O) groups is 1. The van der Waals surface area contributed by atoms with Gasteiger partial charge in [0.15, 0.2) is 0 Å². The van der Waals surface area contributed by atoms with Crippen molar-refractivity contribution in [3.63, 3.8) is 0 Å². The molecule has 58 valence electrons. The quantitative estimate of drug-likeness (QED) is 0.444. The van der Waals surface area contributed by atoms with E-state index in [2.05, 4.69) is 5.32 Å². The fraction of sp³-hybridized carbons (Fsp3) is 0.833. The third-order valence-electron chi connectivity index (χ3n) is 1.95. The molecule has 0 aliphatic carbocycles. The molecule has 4 nitrogen and oxygen atoms in total. The zero-order chi connectivity index (χ0) is 7.72. The minimum atomic E-state index is -0.885. The topological polar surface area (TPSA) is 69.6 Å². The minimum absolute atomic E-state index is 0.183. The lowest BCUT2D eigenvalue weighted by Gasteiger charge is -2.10. The zero-order valence-electron chi connectivity index (χ0n) is 5.74. The van der Waals surface area contributed by atoms with Crippen LogP contribution in [0.5, 0.6) is 0 Å². The number of β-amino-alcohol motifs (C(OH)–C–C–N with tert-alkyl or cyclic N) is 1. The van der Waals surface area contributed by atoms with Gasteiger partial charge in [-0.3, -0.25) is 4.79 Å². The van der Waals surface area contributed by atoms with E-state index in [1.165, 1.54) is 0 Å². The summed E-state index contributed by atoms with van der Waals surface area (Å²) >= 11 is 0. The molecule has 1 rings (SSSR count). The predicted molar refractivity (Wildman–Crippen MR) is 34.6 cm³/mol. The van der Waals surface area contributed by atoms with Crippen LogP contribution >= 0.6 is 0 Å². The van der Waals surface area contributed by atoms with Gasteiger partial charge in [0.25, 0.3) is 0 Å². The summed E-state index contributed by atoms with van der Waals surface area (Å²) < 4.78 is 0. The Balaban J connectivity index is 2.57. The van der Waals surface area contributed by atoms with E-state index in [0.717, 1.165) is 0 Å². The highest BCUT2D eigenvalue weighted by Crippen LogP contribution is 2.14. The van der Waals surface area contributed by atoms with Crippen molar-refractivity contribution in [2.45, 2.75) is 19.1 Å². The van der Waals surface area contributed by atoms with Crippen LogP contribution in [0.2, 0.25) is 0 Å². The normalized spacial score (nSPS) is 40.0. The molecule has 0 aromatic rings. The fourth-order valence-electron chi connectivity index (χ4n) is 1.15. The Morgan fingerprint density at radius 1 is 1.70 bits per heavy atom. The molecule has 1 heterocycles. The molecule has 1 saturated heterocycles. The Hall–Kier alpha value is -0.610. The summed E-state index contributed by atoms with van der Waals surface area (Å²) in [6, 6.07) is -0.574. The largest absolute Gasteiger partial charge is 0.480 e. The average molecular weight is 145 g/mol. The molecule has 1 aliphatic heterocycles. The maximum atomic E-state index is 10.4. The second kappa shape index (κ2) is 2.56. The average Bonchev–Trinajstić information content (AvgIpc) is 2.14. The molecule has 3 N–H and O–H groups in total. The van der Waals surface area contributed by atoms with Crippen molar-refractivity contribution >= 4 is 5.97 Å². The predicted octanol–water partition coefficient (Wildman–Crippen LogP) is -0.960. The molecule has 1 aliphatic rings. The third-order valence-corrected chi connectivity index (χ3v) is 1.95. The summed E-state index contributed by atoms with van der Waals surface area (Å²) in [5, 5.41) is 20.3. The molecule has 0 spiro atoms. The van der Waals surface area contributed by atoms with Gasteiger partial charge >= 0.3 is 5.97 Å². The zero-order valence-corrected chi connectivity index (χ0v) is 5.74. The molecular weight excluding hydrogens is 134 g/mol. The van der Waals surface area contributed by atoms with Crippen LogP contribution < -0.4 is 5.32 Å². The first-order valence-electron chi connectivity index (χ1n) is 3.27. The number of nitrogens with one attached hydrogen (secondary N) is 1. The lowest BCUT2D eigenvalue weighted by molar-refractivity contribution is -0.140. The first kappa shape index (κ1) is 7.50. The van der Waals surface area contributed by atoms with Gasteiger partial charge in [-0.2, -0.15) is 0 Å². The van der Waals surface area contributed by atoms with Gasteiger partial charge in [-0.1, -0.05) is 6.92 Å². The van der Waals surface area contributed by atoms with E-state index in [0.29, 0.717) is 6.54 Å². The Bertz CT molecular complexity index is 148. The lowest BCUT2D eigenvalue weighted by Crippen LogP contribution is -2.34. The highest BCUT2D eigenvalue weighted by molar-refractivity contribution is 5.74. The first-order valence-corrected chi connectivity index (χ1v) is 3.27. The van der Waals surface area contributed by atoms with E-state index in [4.69, 9.17) is 10.2 Å². The van der Waals surface area contributed by atoms with Gasteiger partial charge < -0.3 is 15.5 Å². The molecule has 0 amide bonds. The Morgan fingerprint density at radius 3 is 2.50 bits per heavy atom. The van der Waals surface area contributed by atoms with Crippen molar-refractivity contribution in [1.29, 1.82) is 0 Å². The molecule has 0 saturated carbocycles. The van der Waals surface area contributed by atoms with Crippen LogP contribution in [-0.4, -0.2) is 34.9 Å². The van der Waals surface area contributed by atoms with E-state index in [9.17, 15) is 4.79 Å². The van der Waals surface area contributed by atoms with Crippen LogP contribution in [0.4, 0.5) is 0 Å². The number of carboxylic acid groups (broad SMARTS) is 1. The standard InChI is InChI=1S/C6H11NO3/c1-3-4(8)2-7-5(3)6(9)10/h3-5,7-8H,2H2,1H3,(H,9,10)/t3-,4-,5-/m0/s1. The van der Waals surface area contributed by atoms with Crippen molar-refractivity contribution in [2.24, 2.45) is 5.92 Å². The van der Waals surface area contributed by atoms with Crippen molar-refractivity contribution in [3.8, 4) is 0 Å². The van der Waals surface area contributed by atoms with E-state index in [-0.39, 0.29) is 5.92 Å². The SMILES string of the molecule is C[C@@H]1[C@@H](C(=O)O)NC[C@@H]1O. The van der Waals surface area contributed by atoms with Gasteiger partial charge in [0.05, 0.1) is 6.10 Å². The summed E-state index contributed by atoms with van der Waals surface area (Å²) in [7, 11) is 0. The highest BCUT2D eigenvalue weighted by Gasteiger charge is 2.35. The molecule has 4 heteroatoms. The second-order valence-electron chi connectivity index (χ2n) is 2.65. The van der Waals surface area contributed by atoms with Crippen LogP contribution in [0.1, 0.15) is 6.92 Å². The monoisotopic (exact) mass is 145 g/mol. The molecule has 0 aromatic carbocycles. The van der Waals surface area contributed by atoms with Crippen molar-refractivity contribution in [3.05, 3.63) is 0 Å². The van der Waals surface area contributed by atoms with Gasteiger partial charge in [0.2, 0.25) is 0 Å². The highest BCUT2D eigenvalue weighted by atomic mass is 16.4. The molecule has 0 aromatic heterocycles. The summed E-state index contributed by atoms with van der Waals surface area (Å²) in [4.78, 5) is 10.4. The van der Waals surface area contributed by atoms with Gasteiger partial charge in [-0.15, -0.1) is 0 Å². The Labute approximate surface area is 58.9 Å². The lowest BCUT2D eigenvalue weighted by atomic mass is 10.0. The molecule has 3 atom stereocenters. The molecule has 0 radical (unpaired) electrons. The fourth-order valence-corrected chi connectivity index (χ4v) is 1.15. The summed E-state index contributed by atoms with van der Waals surface area (Å²) in [5.74, 6) is -1.07. The van der Waals surface area contributed by atoms with Crippen LogP contribution in [0, 0.1) is 5.92 Å². The molecule has 0 unspecified atom stereocenters. The molecule has 10 heavy (non-hydrogen) atoms. The van der Waals surface area contributed by atoms with Crippen LogP contribution in [0.15, 0.2) is 0 Å². The molecule has 0 bridgehead atoms. The minimum Gasteiger partial charge on any atom is -0.480 e. The Morgan fingerprint density at radius 2 is 2.30 bits per heavy atom. The number of rotatable bonds is 1. The second-order valence-corrected chi connectivity index (χ2v) is 2.65. The van der Waals surface area contributed by atoms with E-state index >= 15 is 0 Å². The van der Waals surface area contributed by atoms with Crippen molar-refractivity contribution < 1.29 is 15.0 Å². The van der Waals surface area contributed by atoms with Gasteiger partial charge in [0.1, 0.15) is 6.04 Å². The first-order chi connectivity index (χ1) is 4.63. The van der Waals surface area contributed by atoms with Crippen molar-refractivity contribution in [1.82, 2.24) is 5.32 Å². The van der Waals surface area contributed by atoms with Crippen LogP contribution in [-0.2, 0) is 4.79 Å². The number of aliphatic hydroxyl groups excluding tert-OH is 1. The van der Waals surface area contributed by atoms with Crippen LogP contribution in [0.25, 0.3) is 0 Å². The summed E-state index contributed by atoms with van der Waals surface area (Å²) in [6.45, 7) is 2.11. The van der Waals surface area contributed by atoms with Gasteiger partial charge in [-0.05, 0) is 0 Å². The van der Waals surface area contributed by atoms with Gasteiger partial charge in [-0.25, -0.2) is 0 Å². The number of hydrogen-bond acceptors (Lipinski definition) is 3. The maximum absolute atomic E-state index is 10.4. The van der Waals surface area contributed by atoms with Crippen molar-refractivity contribution in [2.75, 3.05) is 6.54 Å². The van der Waals surface area contributed by atoms with Gasteiger partial charge in [0, 0.05) is 12.5 Å². The van der Waals surface area contributed by atoms with E-state index in [1.54, 1.807) is 6.92 Å². The Kier molecular flexibility index (Phi) is 1.92. The van der Waals surface area contributed by atoms with E-state index < -0.39 is 18.1 Å². The molecule has 1 fully saturated rings. The number of carboxylic acids is 1. The summed E-state index contributed by atoms with van der Waals surface area (Å²) in [5.41, 5.74) is 0. The summed E-state index contributed by atoms with van der Waals surface area (Å²) in [6.07, 6.45) is -0.513. The maximum Gasteiger partial charge on any atom is 0.321 e. The van der Waals surface area contributed by atoms with Crippen LogP contribution in [0.3, 0.4) is 0 Å². The molecular formula is C6H11NO3. The third kappa shape index (κ3) is 1.12. The smallest absolute Gasteiger partial charge is 0.321 e. The number of aliphatic hydroxyl groups is 1. The van der Waals surface area contributed by atoms with E-state index in [1.807, 2.05) is 0 Å².